The number of anilines is 1. The molecule has 0 aliphatic carbocycles. The number of piperidine rings is 1. The highest BCUT2D eigenvalue weighted by molar-refractivity contribution is 7.91. The fourth-order valence-corrected chi connectivity index (χ4v) is 9.15. The number of ether oxygens (including phenoxy) is 1. The van der Waals surface area contributed by atoms with Gasteiger partial charge in [0.1, 0.15) is 4.21 Å². The van der Waals surface area contributed by atoms with Gasteiger partial charge in [-0.05, 0) is 49.9 Å². The zero-order valence-electron chi connectivity index (χ0n) is 20.8. The molecule has 1 unspecified atom stereocenters. The van der Waals surface area contributed by atoms with E-state index < -0.39 is 15.9 Å². The molecule has 2 aliphatic heterocycles. The Morgan fingerprint density at radius 2 is 2.00 bits per heavy atom. The highest BCUT2D eigenvalue weighted by Gasteiger charge is 2.36. The summed E-state index contributed by atoms with van der Waals surface area (Å²) in [7, 11) is -3.69. The van der Waals surface area contributed by atoms with Crippen LogP contribution in [0.2, 0.25) is 4.34 Å². The number of thiazole rings is 1. The van der Waals surface area contributed by atoms with E-state index in [9.17, 15) is 13.2 Å². The second kappa shape index (κ2) is 11.6. The summed E-state index contributed by atoms with van der Waals surface area (Å²) < 4.78 is 35.1. The van der Waals surface area contributed by atoms with Gasteiger partial charge in [-0.2, -0.15) is 4.31 Å². The Morgan fingerprint density at radius 3 is 2.73 bits per heavy atom. The summed E-state index contributed by atoms with van der Waals surface area (Å²) in [6.45, 7) is 7.28. The number of carbonyl (C=O) groups excluding carboxylic acids is 1. The average Bonchev–Trinajstić information content (AvgIpc) is 3.54. The Balaban J connectivity index is 1.36. The number of fused-ring (bicyclic) bond motifs is 1. The summed E-state index contributed by atoms with van der Waals surface area (Å²) in [5.41, 5.74) is 1.99. The molecule has 12 heteroatoms. The maximum absolute atomic E-state index is 14.0. The quantitative estimate of drug-likeness (QED) is 0.390. The van der Waals surface area contributed by atoms with Crippen LogP contribution in [0, 0.1) is 12.8 Å². The van der Waals surface area contributed by atoms with Gasteiger partial charge in [-0.25, -0.2) is 13.4 Å². The van der Waals surface area contributed by atoms with Gasteiger partial charge in [0, 0.05) is 39.3 Å². The number of halogens is 1. The van der Waals surface area contributed by atoms with Gasteiger partial charge in [0.25, 0.3) is 10.0 Å². The summed E-state index contributed by atoms with van der Waals surface area (Å²) in [6, 6.07) is 9.19. The minimum absolute atomic E-state index is 0.0530. The molecule has 8 nitrogen and oxygen atoms in total. The van der Waals surface area contributed by atoms with Crippen LogP contribution in [0.3, 0.4) is 0 Å². The van der Waals surface area contributed by atoms with Gasteiger partial charge in [0.2, 0.25) is 5.91 Å². The Bertz CT molecular complexity index is 1350. The third kappa shape index (κ3) is 6.03. The molecular formula is C25H31ClN4O4S3. The van der Waals surface area contributed by atoms with Crippen molar-refractivity contribution in [2.24, 2.45) is 5.92 Å². The van der Waals surface area contributed by atoms with Crippen LogP contribution in [-0.4, -0.2) is 81.0 Å². The number of para-hydroxylation sites is 1. The van der Waals surface area contributed by atoms with Crippen molar-refractivity contribution in [2.45, 2.75) is 30.4 Å². The molecule has 1 atom stereocenters. The van der Waals surface area contributed by atoms with Gasteiger partial charge in [0.05, 0.1) is 33.7 Å². The van der Waals surface area contributed by atoms with Crippen LogP contribution in [0.25, 0.3) is 10.2 Å². The van der Waals surface area contributed by atoms with E-state index >= 15 is 0 Å². The summed E-state index contributed by atoms with van der Waals surface area (Å²) >= 11 is 8.57. The number of morpholine rings is 1. The third-order valence-electron chi connectivity index (χ3n) is 6.94. The van der Waals surface area contributed by atoms with Crippen LogP contribution in [0.1, 0.15) is 24.8 Å². The molecule has 4 heterocycles. The summed E-state index contributed by atoms with van der Waals surface area (Å²) in [6.07, 6.45) is 2.10. The van der Waals surface area contributed by atoms with Crippen LogP contribution in [0.15, 0.2) is 34.5 Å². The van der Waals surface area contributed by atoms with Crippen molar-refractivity contribution >= 4 is 65.6 Å². The Labute approximate surface area is 230 Å². The smallest absolute Gasteiger partial charge is 0.252 e. The minimum atomic E-state index is -3.69. The van der Waals surface area contributed by atoms with Gasteiger partial charge in [0.15, 0.2) is 5.13 Å². The van der Waals surface area contributed by atoms with Crippen LogP contribution in [-0.2, 0) is 19.6 Å². The largest absolute Gasteiger partial charge is 0.379 e. The molecule has 2 fully saturated rings. The number of hydrogen-bond acceptors (Lipinski definition) is 8. The van der Waals surface area contributed by atoms with Gasteiger partial charge in [-0.15, -0.1) is 11.3 Å². The van der Waals surface area contributed by atoms with E-state index in [1.807, 2.05) is 25.1 Å². The number of sulfonamides is 1. The SMILES string of the molecule is Cc1cccc2sc(N(CCCN3CCOCC3)C(=O)C3CCCN(S(=O)(=O)c4ccc(Cl)s4)C3)nc12. The first-order valence-corrected chi connectivity index (χ1v) is 16.0. The third-order valence-corrected chi connectivity index (χ3v) is 11.5. The molecular weight excluding hydrogens is 552 g/mol. The normalized spacial score (nSPS) is 19.9. The number of amides is 1. The van der Waals surface area contributed by atoms with Crippen molar-refractivity contribution in [1.29, 1.82) is 0 Å². The van der Waals surface area contributed by atoms with Gasteiger partial charge in [-0.3, -0.25) is 14.6 Å². The Morgan fingerprint density at radius 1 is 1.19 bits per heavy atom. The van der Waals surface area contributed by atoms with Crippen LogP contribution >= 0.6 is 34.3 Å². The topological polar surface area (TPSA) is 83.0 Å². The van der Waals surface area contributed by atoms with Crippen molar-refractivity contribution in [3.8, 4) is 0 Å². The lowest BCUT2D eigenvalue weighted by Gasteiger charge is -2.34. The van der Waals surface area contributed by atoms with E-state index in [2.05, 4.69) is 4.90 Å². The molecule has 0 saturated carbocycles. The second-order valence-corrected chi connectivity index (χ2v) is 14.4. The number of nitrogens with zero attached hydrogens (tertiary/aromatic N) is 4. The summed E-state index contributed by atoms with van der Waals surface area (Å²) in [5.74, 6) is -0.474. The molecule has 3 aromatic rings. The number of aryl methyl sites for hydroxylation is 1. The van der Waals surface area contributed by atoms with Crippen molar-refractivity contribution in [1.82, 2.24) is 14.2 Å². The molecule has 37 heavy (non-hydrogen) atoms. The molecule has 2 saturated heterocycles. The number of aromatic nitrogens is 1. The highest BCUT2D eigenvalue weighted by atomic mass is 35.5. The highest BCUT2D eigenvalue weighted by Crippen LogP contribution is 2.34. The van der Waals surface area contributed by atoms with Crippen LogP contribution in [0.4, 0.5) is 5.13 Å². The first-order valence-electron chi connectivity index (χ1n) is 12.6. The summed E-state index contributed by atoms with van der Waals surface area (Å²) in [5, 5.41) is 0.682. The van der Waals surface area contributed by atoms with Crippen molar-refractivity contribution < 1.29 is 17.9 Å². The van der Waals surface area contributed by atoms with E-state index in [0.29, 0.717) is 35.4 Å². The zero-order valence-corrected chi connectivity index (χ0v) is 24.0. The first-order chi connectivity index (χ1) is 17.8. The average molecular weight is 583 g/mol. The molecule has 5 rings (SSSR count). The second-order valence-electron chi connectivity index (χ2n) is 9.48. The zero-order chi connectivity index (χ0) is 26.0. The number of rotatable bonds is 8. The predicted molar refractivity (Wildman–Crippen MR) is 149 cm³/mol. The number of hydrogen-bond donors (Lipinski definition) is 0. The van der Waals surface area contributed by atoms with Crippen molar-refractivity contribution in [3.63, 3.8) is 0 Å². The molecule has 1 amide bonds. The van der Waals surface area contributed by atoms with Gasteiger partial charge >= 0.3 is 0 Å². The standard InChI is InChI=1S/C25H31ClN4O4S3/c1-18-5-2-7-20-23(18)27-25(35-20)30(12-4-10-28-13-15-34-16-14-28)24(31)19-6-3-11-29(17-19)37(32,33)22-9-8-21(26)36-22/h2,5,7-9,19H,3-4,6,10-17H2,1H3. The van der Waals surface area contributed by atoms with Gasteiger partial charge < -0.3 is 4.74 Å². The van der Waals surface area contributed by atoms with E-state index in [4.69, 9.17) is 21.3 Å². The lowest BCUT2D eigenvalue weighted by atomic mass is 9.98. The molecule has 1 aromatic carbocycles. The van der Waals surface area contributed by atoms with Crippen molar-refractivity contribution in [2.75, 3.05) is 57.4 Å². The fraction of sp³-hybridized carbons (Fsp3) is 0.520. The molecule has 2 aliphatic rings. The maximum atomic E-state index is 14.0. The molecule has 0 radical (unpaired) electrons. The van der Waals surface area contributed by atoms with E-state index in [-0.39, 0.29) is 16.7 Å². The molecule has 200 valence electrons. The first kappa shape index (κ1) is 27.0. The molecule has 0 spiro atoms. The monoisotopic (exact) mass is 582 g/mol. The van der Waals surface area contributed by atoms with E-state index in [0.717, 1.165) is 66.4 Å². The number of carbonyl (C=O) groups is 1. The van der Waals surface area contributed by atoms with Crippen LogP contribution < -0.4 is 4.90 Å². The minimum Gasteiger partial charge on any atom is -0.379 e. The molecule has 0 N–H and O–H groups in total. The predicted octanol–water partition coefficient (Wildman–Crippen LogP) is 4.48. The Hall–Kier alpha value is -1.60. The number of benzene rings is 1. The fourth-order valence-electron chi connectivity index (χ4n) is 4.91. The van der Waals surface area contributed by atoms with Gasteiger partial charge in [-0.1, -0.05) is 35.1 Å². The number of thiophene rings is 1. The van der Waals surface area contributed by atoms with E-state index in [1.54, 1.807) is 11.0 Å². The Kier molecular flexibility index (Phi) is 8.49. The van der Waals surface area contributed by atoms with Crippen molar-refractivity contribution in [3.05, 3.63) is 40.2 Å². The lowest BCUT2D eigenvalue weighted by Crippen LogP contribution is -2.47. The van der Waals surface area contributed by atoms with Crippen LogP contribution in [0.5, 0.6) is 0 Å². The maximum Gasteiger partial charge on any atom is 0.252 e. The van der Waals surface area contributed by atoms with E-state index in [1.165, 1.54) is 21.7 Å². The molecule has 2 aromatic heterocycles. The molecule has 0 bridgehead atoms. The summed E-state index contributed by atoms with van der Waals surface area (Å²) in [4.78, 5) is 23.0. The lowest BCUT2D eigenvalue weighted by molar-refractivity contribution is -0.123.